The highest BCUT2D eigenvalue weighted by molar-refractivity contribution is 5.30. The van der Waals surface area contributed by atoms with Gasteiger partial charge in [-0.1, -0.05) is 25.5 Å². The molecule has 0 amide bonds. The molecule has 434 valence electrons. The normalized spacial score (nSPS) is 56.9. The van der Waals surface area contributed by atoms with Crippen LogP contribution in [0.5, 0.6) is 0 Å². The molecule has 11 aliphatic rings. The van der Waals surface area contributed by atoms with Crippen LogP contribution in [0.4, 0.5) is 0 Å². The molecule has 22 heteroatoms. The molecule has 10 fully saturated rings. The van der Waals surface area contributed by atoms with E-state index in [0.717, 1.165) is 38.5 Å². The Morgan fingerprint density at radius 1 is 0.605 bits per heavy atom. The highest BCUT2D eigenvalue weighted by atomic mass is 16.8. The largest absolute Gasteiger partial charge is 0.394 e. The minimum Gasteiger partial charge on any atom is -0.394 e. The minimum atomic E-state index is -1.66. The summed E-state index contributed by atoms with van der Waals surface area (Å²) in [5.74, 6) is -0.177. The van der Waals surface area contributed by atoms with Gasteiger partial charge in [0.25, 0.3) is 0 Å². The number of ether oxygens (including phenoxy) is 16. The molecule has 31 atom stereocenters. The first-order valence-electron chi connectivity index (χ1n) is 28.0. The van der Waals surface area contributed by atoms with Gasteiger partial charge in [-0.3, -0.25) is 0 Å². The molecule has 22 nitrogen and oxygen atoms in total. The van der Waals surface area contributed by atoms with E-state index in [1.807, 2.05) is 13.8 Å². The molecule has 76 heavy (non-hydrogen) atoms. The van der Waals surface area contributed by atoms with Crippen molar-refractivity contribution in [3.8, 4) is 0 Å². The number of rotatable bonds is 14. The molecule has 8 saturated heterocycles. The maximum atomic E-state index is 11.6. The fourth-order valence-corrected chi connectivity index (χ4v) is 16.2. The Labute approximate surface area is 445 Å². The number of methoxy groups -OCH3 is 3. The van der Waals surface area contributed by atoms with Crippen LogP contribution in [0.15, 0.2) is 11.6 Å². The van der Waals surface area contributed by atoms with Crippen molar-refractivity contribution < 1.29 is 106 Å². The van der Waals surface area contributed by atoms with Crippen molar-refractivity contribution in [2.45, 2.75) is 265 Å². The van der Waals surface area contributed by atoms with Gasteiger partial charge in [0.05, 0.1) is 74.1 Å². The molecule has 8 aliphatic heterocycles. The second kappa shape index (κ2) is 21.6. The lowest BCUT2D eigenvalue weighted by Crippen LogP contribution is -2.65. The fraction of sp³-hybridized carbons (Fsp3) is 0.963. The van der Waals surface area contributed by atoms with Crippen LogP contribution < -0.4 is 0 Å². The third-order valence-corrected chi connectivity index (χ3v) is 20.1. The Hall–Kier alpha value is -1.14. The van der Waals surface area contributed by atoms with Crippen LogP contribution in [0.3, 0.4) is 0 Å². The van der Waals surface area contributed by atoms with Crippen molar-refractivity contribution in [1.29, 1.82) is 0 Å². The van der Waals surface area contributed by atoms with E-state index in [2.05, 4.69) is 26.8 Å². The number of aliphatic hydroxyl groups excluding tert-OH is 6. The van der Waals surface area contributed by atoms with Crippen molar-refractivity contribution in [3.63, 3.8) is 0 Å². The maximum absolute atomic E-state index is 11.6. The lowest BCUT2D eigenvalue weighted by atomic mass is 9.48. The van der Waals surface area contributed by atoms with Crippen LogP contribution in [0.25, 0.3) is 0 Å². The van der Waals surface area contributed by atoms with Gasteiger partial charge < -0.3 is 106 Å². The van der Waals surface area contributed by atoms with Crippen molar-refractivity contribution in [1.82, 2.24) is 0 Å². The van der Waals surface area contributed by atoms with Gasteiger partial charge in [0.1, 0.15) is 61.0 Å². The average molecular weight is 1090 g/mol. The molecule has 0 aromatic carbocycles. The Bertz CT molecular complexity index is 2040. The summed E-state index contributed by atoms with van der Waals surface area (Å²) in [6.45, 7) is 14.2. The first-order chi connectivity index (χ1) is 36.2. The number of allylic oxidation sites excluding steroid dienone is 1. The topological polar surface area (TPSA) is 269 Å². The third kappa shape index (κ3) is 9.42. The molecule has 0 aromatic heterocycles. The monoisotopic (exact) mass is 1090 g/mol. The second-order valence-electron chi connectivity index (χ2n) is 24.4. The van der Waals surface area contributed by atoms with E-state index in [0.29, 0.717) is 18.9 Å². The van der Waals surface area contributed by atoms with Gasteiger partial charge in [0.2, 0.25) is 0 Å². The number of hydrogen-bond donors (Lipinski definition) is 6. The summed E-state index contributed by atoms with van der Waals surface area (Å²) in [6, 6.07) is 0. The van der Waals surface area contributed by atoms with Gasteiger partial charge in [-0.05, 0) is 84.5 Å². The van der Waals surface area contributed by atoms with Crippen molar-refractivity contribution in [3.05, 3.63) is 11.6 Å². The molecule has 8 heterocycles. The van der Waals surface area contributed by atoms with Crippen molar-refractivity contribution in [2.24, 2.45) is 28.6 Å². The van der Waals surface area contributed by atoms with Gasteiger partial charge in [-0.15, -0.1) is 0 Å². The second-order valence-corrected chi connectivity index (χ2v) is 24.4. The Kier molecular flexibility index (Phi) is 16.1. The molecule has 3 aliphatic carbocycles. The quantitative estimate of drug-likeness (QED) is 0.135. The molecular formula is C54H86O22. The van der Waals surface area contributed by atoms with Gasteiger partial charge in [0.15, 0.2) is 43.0 Å². The average Bonchev–Trinajstić information content (AvgIpc) is 3.83. The smallest absolute Gasteiger partial charge is 0.187 e. The number of fused-ring (bicyclic) bond motifs is 3. The van der Waals surface area contributed by atoms with Crippen LogP contribution in [-0.2, 0) is 75.8 Å². The van der Waals surface area contributed by atoms with Crippen LogP contribution in [0.2, 0.25) is 0 Å². The van der Waals surface area contributed by atoms with Gasteiger partial charge in [0, 0.05) is 51.9 Å². The third-order valence-electron chi connectivity index (χ3n) is 20.1. The zero-order valence-electron chi connectivity index (χ0n) is 45.7. The molecule has 0 radical (unpaired) electrons. The van der Waals surface area contributed by atoms with E-state index < -0.39 is 153 Å². The van der Waals surface area contributed by atoms with Crippen LogP contribution in [-0.4, -0.2) is 224 Å². The van der Waals surface area contributed by atoms with E-state index in [9.17, 15) is 30.6 Å². The van der Waals surface area contributed by atoms with Gasteiger partial charge in [-0.2, -0.15) is 0 Å². The summed E-state index contributed by atoms with van der Waals surface area (Å²) in [5.41, 5.74) is 1.43. The summed E-state index contributed by atoms with van der Waals surface area (Å²) in [7, 11) is 4.53. The predicted molar refractivity (Wildman–Crippen MR) is 259 cm³/mol. The summed E-state index contributed by atoms with van der Waals surface area (Å²) in [6.07, 6.45) is -11.5. The van der Waals surface area contributed by atoms with Gasteiger partial charge in [-0.25, -0.2) is 0 Å². The molecule has 11 rings (SSSR count). The van der Waals surface area contributed by atoms with E-state index in [1.54, 1.807) is 28.1 Å². The predicted octanol–water partition coefficient (Wildman–Crippen LogP) is 1.67. The lowest BCUT2D eigenvalue weighted by molar-refractivity contribution is -0.374. The molecule has 0 aromatic rings. The molecular weight excluding hydrogens is 1000 g/mol. The molecule has 6 N–H and O–H groups in total. The Balaban J connectivity index is 0.650. The lowest BCUT2D eigenvalue weighted by Gasteiger charge is -2.59. The summed E-state index contributed by atoms with van der Waals surface area (Å²) >= 11 is 0. The maximum Gasteiger partial charge on any atom is 0.187 e. The zero-order valence-corrected chi connectivity index (χ0v) is 45.7. The number of hydrogen-bond acceptors (Lipinski definition) is 22. The fourth-order valence-electron chi connectivity index (χ4n) is 16.2. The molecule has 2 saturated carbocycles. The van der Waals surface area contributed by atoms with Crippen molar-refractivity contribution in [2.75, 3.05) is 34.5 Å². The van der Waals surface area contributed by atoms with Gasteiger partial charge >= 0.3 is 0 Å². The van der Waals surface area contributed by atoms with Crippen LogP contribution in [0.1, 0.15) is 106 Å². The standard InChI is InChI=1S/C54H86O22/c1-23-43(31(56)18-36(65-23)69-28-13-15-51(5)27(17-28)11-12-30-29(51)14-16-52(6)48-35-22-64-53(48,7)76-54(30,52)75-35)71-37-19-32(61-8)44(24(2)66-37)72-38-20-33(62-9)45(25(3)67-38)73-50-42(60)47(63-10)46(26(4)68-50)74-49-41(59)40(58)39(57)34(21-55)70-49/h11,23-26,28-50,55-60H,12-22H2,1-10H3/t23-,24-,25-,26-,28+,29+,30-,31-,32+,33-,34-,35-,36+,37+,38+,39-,40+,41-,42-,43-,44-,45-,46-,47-,48+,49+,50+,51+,52-,53+,54+/m1/s1. The Morgan fingerprint density at radius 2 is 1.21 bits per heavy atom. The highest BCUT2D eigenvalue weighted by Gasteiger charge is 2.83. The first kappa shape index (κ1) is 56.7. The van der Waals surface area contributed by atoms with Crippen LogP contribution in [0, 0.1) is 28.6 Å². The number of aliphatic hydroxyl groups is 6. The van der Waals surface area contributed by atoms with E-state index >= 15 is 0 Å². The molecule has 0 spiro atoms. The summed E-state index contributed by atoms with van der Waals surface area (Å²) in [4.78, 5) is 0. The zero-order chi connectivity index (χ0) is 54.0. The molecule has 2 bridgehead atoms. The van der Waals surface area contributed by atoms with Crippen LogP contribution >= 0.6 is 0 Å². The van der Waals surface area contributed by atoms with E-state index in [-0.39, 0.29) is 47.7 Å². The Morgan fingerprint density at radius 3 is 1.84 bits per heavy atom. The van der Waals surface area contributed by atoms with Crippen molar-refractivity contribution >= 4 is 0 Å². The van der Waals surface area contributed by atoms with E-state index in [4.69, 9.17) is 75.8 Å². The summed E-state index contributed by atoms with van der Waals surface area (Å²) in [5, 5.41) is 63.9. The molecule has 0 unspecified atom stereocenters. The minimum absolute atomic E-state index is 0.0292. The summed E-state index contributed by atoms with van der Waals surface area (Å²) < 4.78 is 101. The SMILES string of the molecule is CO[C@@H]1[C@@H](O)[C@H](O[C@@H]2[C@@H](C)O[C@@H](O[C@H]3[C@@H](OC)C[C@H](O[C@H]4[C@H](O)C[C@H](O[C@H]5CC[C@@]6(C)C(=CC[C@@H]7[C@@H]6CC[C@]6(C)[C@@H]8[C@H]9CO[C@@]8(C)O[C@@]76O9)C5)O[C@@H]4C)O[C@@H]3C)C[C@H]2OC)O[C@H](C)[C@H]1O[C@@H]1O[C@H](CO)[C@@H](O)[C@H](O)[C@H]1O. The van der Waals surface area contributed by atoms with E-state index in [1.165, 1.54) is 12.7 Å². The first-order valence-corrected chi connectivity index (χ1v) is 28.0. The highest BCUT2D eigenvalue weighted by Crippen LogP contribution is 2.76.